The molecule has 0 atom stereocenters. The van der Waals surface area contributed by atoms with Crippen molar-refractivity contribution in [2.45, 2.75) is 18.3 Å². The molecule has 0 unspecified atom stereocenters. The van der Waals surface area contributed by atoms with Crippen LogP contribution in [0, 0.1) is 0 Å². The Hall–Kier alpha value is -2.38. The van der Waals surface area contributed by atoms with E-state index in [-0.39, 0.29) is 12.5 Å². The summed E-state index contributed by atoms with van der Waals surface area (Å²) in [6.45, 7) is 0.509. The van der Waals surface area contributed by atoms with Crippen molar-refractivity contribution in [2.75, 3.05) is 31.0 Å². The molecule has 0 saturated heterocycles. The quantitative estimate of drug-likeness (QED) is 0.638. The summed E-state index contributed by atoms with van der Waals surface area (Å²) >= 11 is 3.46. The fraction of sp³-hybridized carbons (Fsp3) is 0.300. The van der Waals surface area contributed by atoms with Gasteiger partial charge in [0.05, 0.1) is 12.0 Å². The third kappa shape index (κ3) is 4.87. The fourth-order valence-corrected chi connectivity index (χ4v) is 3.25. The molecular weight excluding hydrogens is 412 g/mol. The number of methoxy groups -OCH3 is 1. The third-order valence-corrected chi connectivity index (χ3v) is 4.94. The summed E-state index contributed by atoms with van der Waals surface area (Å²) in [7, 11) is 1.54. The lowest BCUT2D eigenvalue weighted by Gasteiger charge is -2.16. The second-order valence-electron chi connectivity index (χ2n) is 6.38. The molecule has 1 fully saturated rings. The molecule has 0 bridgehead atoms. The number of benzene rings is 2. The number of hydrogen-bond donors (Lipinski definition) is 2. The summed E-state index contributed by atoms with van der Waals surface area (Å²) in [5.74, 6) is -0.0413. The van der Waals surface area contributed by atoms with Crippen molar-refractivity contribution in [1.29, 1.82) is 0 Å². The first-order valence-corrected chi connectivity index (χ1v) is 9.43. The molecule has 2 aromatic rings. The van der Waals surface area contributed by atoms with Gasteiger partial charge in [-0.2, -0.15) is 0 Å². The van der Waals surface area contributed by atoms with Crippen molar-refractivity contribution >= 4 is 39.3 Å². The second kappa shape index (κ2) is 8.54. The van der Waals surface area contributed by atoms with Crippen LogP contribution in [0.1, 0.15) is 18.4 Å². The average Bonchev–Trinajstić information content (AvgIpc) is 3.44. The first-order chi connectivity index (χ1) is 13.0. The van der Waals surface area contributed by atoms with Crippen LogP contribution in [-0.2, 0) is 19.7 Å². The minimum atomic E-state index is -0.566. The van der Waals surface area contributed by atoms with E-state index in [2.05, 4.69) is 26.6 Å². The van der Waals surface area contributed by atoms with E-state index in [4.69, 9.17) is 9.47 Å². The summed E-state index contributed by atoms with van der Waals surface area (Å²) in [4.78, 5) is 24.6. The molecule has 142 valence electrons. The number of hydrogen-bond acceptors (Lipinski definition) is 4. The van der Waals surface area contributed by atoms with Crippen molar-refractivity contribution in [3.8, 4) is 0 Å². The molecule has 1 aliphatic carbocycles. The van der Waals surface area contributed by atoms with Crippen LogP contribution < -0.4 is 10.6 Å². The number of nitrogens with one attached hydrogen (secondary N) is 2. The van der Waals surface area contributed by atoms with E-state index < -0.39 is 11.5 Å². The summed E-state index contributed by atoms with van der Waals surface area (Å²) in [6, 6.07) is 14.8. The van der Waals surface area contributed by atoms with Crippen LogP contribution >= 0.6 is 15.9 Å². The lowest BCUT2D eigenvalue weighted by atomic mass is 9.95. The highest BCUT2D eigenvalue weighted by Gasteiger charge is 2.51. The lowest BCUT2D eigenvalue weighted by Crippen LogP contribution is -2.27. The Bertz CT molecular complexity index is 836. The molecule has 27 heavy (non-hydrogen) atoms. The van der Waals surface area contributed by atoms with Crippen molar-refractivity contribution < 1.29 is 19.1 Å². The molecule has 0 radical (unpaired) electrons. The molecule has 1 saturated carbocycles. The Balaban J connectivity index is 1.64. The van der Waals surface area contributed by atoms with Gasteiger partial charge in [0.2, 0.25) is 5.91 Å². The zero-order valence-electron chi connectivity index (χ0n) is 15.0. The largest absolute Gasteiger partial charge is 0.447 e. The van der Waals surface area contributed by atoms with Gasteiger partial charge in [-0.15, -0.1) is 0 Å². The van der Waals surface area contributed by atoms with Gasteiger partial charge in [0, 0.05) is 23.0 Å². The van der Waals surface area contributed by atoms with Gasteiger partial charge in [0.1, 0.15) is 6.61 Å². The highest BCUT2D eigenvalue weighted by molar-refractivity contribution is 9.10. The zero-order valence-corrected chi connectivity index (χ0v) is 16.5. The number of amides is 2. The van der Waals surface area contributed by atoms with Crippen LogP contribution in [-0.4, -0.2) is 32.3 Å². The van der Waals surface area contributed by atoms with Gasteiger partial charge in [0.25, 0.3) is 0 Å². The first-order valence-electron chi connectivity index (χ1n) is 8.64. The highest BCUT2D eigenvalue weighted by Crippen LogP contribution is 2.49. The summed E-state index contributed by atoms with van der Waals surface area (Å²) in [6.07, 6.45) is 1.07. The SMILES string of the molecule is COCCOC(=O)Nc1cccc(NC(=O)C2(c3cccc(Br)c3)CC2)c1. The van der Waals surface area contributed by atoms with Crippen LogP contribution in [0.3, 0.4) is 0 Å². The molecular formula is C20H21BrN2O4. The lowest BCUT2D eigenvalue weighted by molar-refractivity contribution is -0.118. The van der Waals surface area contributed by atoms with Gasteiger partial charge < -0.3 is 14.8 Å². The minimum absolute atomic E-state index is 0.0413. The maximum atomic E-state index is 12.9. The number of carbonyl (C=O) groups is 2. The van der Waals surface area contributed by atoms with Crippen LogP contribution in [0.15, 0.2) is 53.0 Å². The molecule has 0 aliphatic heterocycles. The summed E-state index contributed by atoms with van der Waals surface area (Å²) < 4.78 is 10.8. The third-order valence-electron chi connectivity index (χ3n) is 4.45. The number of ether oxygens (including phenoxy) is 2. The van der Waals surface area contributed by atoms with E-state index in [1.54, 1.807) is 24.3 Å². The molecule has 1 aliphatic rings. The Morgan fingerprint density at radius 2 is 1.74 bits per heavy atom. The van der Waals surface area contributed by atoms with E-state index in [9.17, 15) is 9.59 Å². The van der Waals surface area contributed by atoms with E-state index >= 15 is 0 Å². The van der Waals surface area contributed by atoms with E-state index in [1.165, 1.54) is 7.11 Å². The van der Waals surface area contributed by atoms with Gasteiger partial charge in [-0.05, 0) is 48.7 Å². The van der Waals surface area contributed by atoms with Crippen LogP contribution in [0.4, 0.5) is 16.2 Å². The monoisotopic (exact) mass is 432 g/mol. The number of halogens is 1. The van der Waals surface area contributed by atoms with Crippen molar-refractivity contribution in [2.24, 2.45) is 0 Å². The molecule has 7 heteroatoms. The predicted molar refractivity (Wildman–Crippen MR) is 107 cm³/mol. The topological polar surface area (TPSA) is 76.7 Å². The molecule has 2 N–H and O–H groups in total. The summed E-state index contributed by atoms with van der Waals surface area (Å²) in [5.41, 5.74) is 1.69. The standard InChI is InChI=1S/C20H21BrN2O4/c1-26-10-11-27-19(25)23-17-7-3-6-16(13-17)22-18(24)20(8-9-20)14-4-2-5-15(21)12-14/h2-7,12-13H,8-11H2,1H3,(H,22,24)(H,23,25). The highest BCUT2D eigenvalue weighted by atomic mass is 79.9. The maximum absolute atomic E-state index is 12.9. The number of rotatable bonds is 7. The minimum Gasteiger partial charge on any atom is -0.447 e. The average molecular weight is 433 g/mol. The normalized spacial score (nSPS) is 14.3. The van der Waals surface area contributed by atoms with Gasteiger partial charge in [-0.3, -0.25) is 10.1 Å². The van der Waals surface area contributed by atoms with Crippen molar-refractivity contribution in [3.05, 3.63) is 58.6 Å². The molecule has 0 spiro atoms. The molecule has 0 heterocycles. The molecule has 2 amide bonds. The maximum Gasteiger partial charge on any atom is 0.411 e. The number of carbonyl (C=O) groups excluding carboxylic acids is 2. The van der Waals surface area contributed by atoms with Crippen molar-refractivity contribution in [3.63, 3.8) is 0 Å². The van der Waals surface area contributed by atoms with E-state index in [0.717, 1.165) is 22.9 Å². The molecule has 0 aromatic heterocycles. The van der Waals surface area contributed by atoms with Crippen LogP contribution in [0.2, 0.25) is 0 Å². The Morgan fingerprint density at radius 3 is 2.41 bits per heavy atom. The first kappa shape index (κ1) is 19.4. The molecule has 6 nitrogen and oxygen atoms in total. The van der Waals surface area contributed by atoms with Gasteiger partial charge in [-0.25, -0.2) is 4.79 Å². The summed E-state index contributed by atoms with van der Waals surface area (Å²) in [5, 5.41) is 5.60. The number of anilines is 2. The second-order valence-corrected chi connectivity index (χ2v) is 7.30. The Morgan fingerprint density at radius 1 is 1.04 bits per heavy atom. The van der Waals surface area contributed by atoms with Gasteiger partial charge in [0.15, 0.2) is 0 Å². The molecule has 3 rings (SSSR count). The fourth-order valence-electron chi connectivity index (χ4n) is 2.86. The Labute approximate surface area is 166 Å². The van der Waals surface area contributed by atoms with Crippen LogP contribution in [0.5, 0.6) is 0 Å². The van der Waals surface area contributed by atoms with Gasteiger partial charge in [-0.1, -0.05) is 34.1 Å². The Kier molecular flexibility index (Phi) is 6.13. The smallest absolute Gasteiger partial charge is 0.411 e. The predicted octanol–water partition coefficient (Wildman–Crippen LogP) is 4.31. The molecule has 2 aromatic carbocycles. The van der Waals surface area contributed by atoms with Crippen molar-refractivity contribution in [1.82, 2.24) is 0 Å². The van der Waals surface area contributed by atoms with Crippen LogP contribution in [0.25, 0.3) is 0 Å². The zero-order chi connectivity index (χ0) is 19.3. The van der Waals surface area contributed by atoms with E-state index in [1.807, 2.05) is 24.3 Å². The van der Waals surface area contributed by atoms with Gasteiger partial charge >= 0.3 is 6.09 Å². The van der Waals surface area contributed by atoms with E-state index in [0.29, 0.717) is 18.0 Å².